The molecule has 154 valence electrons. The molecule has 5 rings (SSSR count). The highest BCUT2D eigenvalue weighted by atomic mass is 32.2. The summed E-state index contributed by atoms with van der Waals surface area (Å²) in [7, 11) is 0. The number of benzene rings is 3. The van der Waals surface area contributed by atoms with Gasteiger partial charge in [-0.05, 0) is 87.1 Å². The smallest absolute Gasteiger partial charge is 0.0555 e. The number of aryl methyl sites for hydroxylation is 1. The van der Waals surface area contributed by atoms with E-state index >= 15 is 0 Å². The third-order valence-electron chi connectivity index (χ3n) is 6.50. The molecular weight excluding hydrogens is 384 g/mol. The van der Waals surface area contributed by atoms with Crippen molar-refractivity contribution in [2.75, 3.05) is 31.1 Å². The Hall–Kier alpha value is -2.23. The molecule has 0 spiro atoms. The van der Waals surface area contributed by atoms with Gasteiger partial charge in [-0.3, -0.25) is 0 Å². The van der Waals surface area contributed by atoms with E-state index in [0.717, 1.165) is 12.5 Å². The monoisotopic (exact) mass is 414 g/mol. The molecule has 3 aromatic carbocycles. The summed E-state index contributed by atoms with van der Waals surface area (Å²) in [5.41, 5.74) is 5.60. The first-order valence-electron chi connectivity index (χ1n) is 11.2. The van der Waals surface area contributed by atoms with Gasteiger partial charge in [-0.1, -0.05) is 60.3 Å². The van der Waals surface area contributed by atoms with Crippen LogP contribution in [0, 0.1) is 6.92 Å². The molecule has 1 fully saturated rings. The average Bonchev–Trinajstić information content (AvgIpc) is 2.80. The lowest BCUT2D eigenvalue weighted by atomic mass is 9.89. The zero-order valence-electron chi connectivity index (χ0n) is 17.8. The largest absolute Gasteiger partial charge is 0.340 e. The Morgan fingerprint density at radius 1 is 0.800 bits per heavy atom. The van der Waals surface area contributed by atoms with E-state index in [1.54, 1.807) is 0 Å². The Labute approximate surface area is 184 Å². The number of anilines is 2. The molecule has 0 radical (unpaired) electrons. The Kier molecular flexibility index (Phi) is 5.83. The van der Waals surface area contributed by atoms with Gasteiger partial charge >= 0.3 is 0 Å². The minimum Gasteiger partial charge on any atom is -0.340 e. The second-order valence-corrected chi connectivity index (χ2v) is 9.66. The molecule has 30 heavy (non-hydrogen) atoms. The first-order chi connectivity index (χ1) is 14.8. The summed E-state index contributed by atoms with van der Waals surface area (Å²) in [5.74, 6) is 0.739. The van der Waals surface area contributed by atoms with Crippen LogP contribution in [0.15, 0.2) is 82.6 Å². The van der Waals surface area contributed by atoms with Crippen molar-refractivity contribution in [1.82, 2.24) is 4.90 Å². The zero-order chi connectivity index (χ0) is 20.3. The van der Waals surface area contributed by atoms with Crippen molar-refractivity contribution in [3.63, 3.8) is 0 Å². The lowest BCUT2D eigenvalue weighted by Crippen LogP contribution is -2.35. The van der Waals surface area contributed by atoms with Crippen molar-refractivity contribution < 1.29 is 0 Å². The molecule has 2 heterocycles. The Morgan fingerprint density at radius 3 is 2.37 bits per heavy atom. The van der Waals surface area contributed by atoms with Gasteiger partial charge in [-0.2, -0.15) is 0 Å². The van der Waals surface area contributed by atoms with Crippen LogP contribution in [0.25, 0.3) is 0 Å². The molecule has 0 aromatic heterocycles. The lowest BCUT2D eigenvalue weighted by Gasteiger charge is -2.35. The Bertz CT molecular complexity index is 993. The van der Waals surface area contributed by atoms with Crippen LogP contribution in [-0.2, 0) is 0 Å². The average molecular weight is 415 g/mol. The molecule has 0 unspecified atom stereocenters. The number of piperidine rings is 1. The summed E-state index contributed by atoms with van der Waals surface area (Å²) in [6.45, 7) is 6.91. The molecule has 0 amide bonds. The molecular formula is C27H30N2S. The Morgan fingerprint density at radius 2 is 1.53 bits per heavy atom. The van der Waals surface area contributed by atoms with E-state index in [9.17, 15) is 0 Å². The standard InChI is InChI=1S/C27H30N2S/c1-21-12-13-27-25(20-21)29(24-10-5-6-11-26(24)30-27)17-7-16-28-18-14-23(15-19-28)22-8-3-2-4-9-22/h2-6,8-13,20,23H,7,14-19H2,1H3. The SMILES string of the molecule is Cc1ccc2c(c1)N(CCCN1CCC(c3ccccc3)CC1)c1ccccc1S2. The van der Waals surface area contributed by atoms with Crippen LogP contribution in [-0.4, -0.2) is 31.1 Å². The van der Waals surface area contributed by atoms with Gasteiger partial charge in [-0.15, -0.1) is 0 Å². The van der Waals surface area contributed by atoms with Crippen molar-refractivity contribution >= 4 is 23.1 Å². The lowest BCUT2D eigenvalue weighted by molar-refractivity contribution is 0.211. The molecule has 2 aliphatic rings. The van der Waals surface area contributed by atoms with Gasteiger partial charge in [0, 0.05) is 16.3 Å². The van der Waals surface area contributed by atoms with Crippen LogP contribution in [0.4, 0.5) is 11.4 Å². The number of rotatable bonds is 5. The first-order valence-corrected chi connectivity index (χ1v) is 12.0. The van der Waals surface area contributed by atoms with E-state index in [-0.39, 0.29) is 0 Å². The van der Waals surface area contributed by atoms with Gasteiger partial charge in [0.1, 0.15) is 0 Å². The first kappa shape index (κ1) is 19.7. The van der Waals surface area contributed by atoms with Crippen LogP contribution in [0.3, 0.4) is 0 Å². The molecule has 2 aliphatic heterocycles. The third-order valence-corrected chi connectivity index (χ3v) is 7.63. The molecule has 0 saturated carbocycles. The normalized spacial score (nSPS) is 16.9. The zero-order valence-corrected chi connectivity index (χ0v) is 18.6. The van der Waals surface area contributed by atoms with Crippen molar-refractivity contribution in [2.45, 2.75) is 41.9 Å². The van der Waals surface area contributed by atoms with E-state index in [4.69, 9.17) is 0 Å². The fourth-order valence-electron chi connectivity index (χ4n) is 4.85. The minimum atomic E-state index is 0.739. The number of nitrogens with zero attached hydrogens (tertiary/aromatic N) is 2. The molecule has 0 aliphatic carbocycles. The third kappa shape index (κ3) is 4.14. The summed E-state index contributed by atoms with van der Waals surface area (Å²) < 4.78 is 0. The Balaban J connectivity index is 1.22. The van der Waals surface area contributed by atoms with Gasteiger partial charge in [0.15, 0.2) is 0 Å². The molecule has 1 saturated heterocycles. The van der Waals surface area contributed by atoms with Crippen molar-refractivity contribution in [1.29, 1.82) is 0 Å². The van der Waals surface area contributed by atoms with Gasteiger partial charge in [-0.25, -0.2) is 0 Å². The predicted octanol–water partition coefficient (Wildman–Crippen LogP) is 6.87. The fourth-order valence-corrected chi connectivity index (χ4v) is 5.92. The number of likely N-dealkylation sites (tertiary alicyclic amines) is 1. The van der Waals surface area contributed by atoms with E-state index < -0.39 is 0 Å². The summed E-state index contributed by atoms with van der Waals surface area (Å²) in [6.07, 6.45) is 3.77. The molecule has 3 heteroatoms. The van der Waals surface area contributed by atoms with E-state index in [2.05, 4.69) is 89.5 Å². The summed E-state index contributed by atoms with van der Waals surface area (Å²) >= 11 is 1.90. The van der Waals surface area contributed by atoms with Crippen LogP contribution >= 0.6 is 11.8 Å². The van der Waals surface area contributed by atoms with Crippen molar-refractivity contribution in [3.8, 4) is 0 Å². The number of fused-ring (bicyclic) bond motifs is 2. The fraction of sp³-hybridized carbons (Fsp3) is 0.333. The summed E-state index contributed by atoms with van der Waals surface area (Å²) in [6, 6.07) is 26.8. The predicted molar refractivity (Wildman–Crippen MR) is 128 cm³/mol. The summed E-state index contributed by atoms with van der Waals surface area (Å²) in [4.78, 5) is 7.96. The van der Waals surface area contributed by atoms with E-state index in [1.807, 2.05) is 11.8 Å². The molecule has 0 atom stereocenters. The molecule has 2 nitrogen and oxygen atoms in total. The van der Waals surface area contributed by atoms with Gasteiger partial charge < -0.3 is 9.80 Å². The topological polar surface area (TPSA) is 6.48 Å². The highest BCUT2D eigenvalue weighted by molar-refractivity contribution is 7.99. The van der Waals surface area contributed by atoms with Crippen LogP contribution in [0.1, 0.15) is 36.3 Å². The second-order valence-electron chi connectivity index (χ2n) is 8.57. The van der Waals surface area contributed by atoms with E-state index in [0.29, 0.717) is 0 Å². The van der Waals surface area contributed by atoms with Gasteiger partial charge in [0.05, 0.1) is 11.4 Å². The van der Waals surface area contributed by atoms with Gasteiger partial charge in [0.25, 0.3) is 0 Å². The molecule has 3 aromatic rings. The second kappa shape index (κ2) is 8.87. The van der Waals surface area contributed by atoms with Crippen molar-refractivity contribution in [2.24, 2.45) is 0 Å². The maximum absolute atomic E-state index is 2.67. The number of hydrogen-bond acceptors (Lipinski definition) is 3. The maximum atomic E-state index is 2.67. The number of hydrogen-bond donors (Lipinski definition) is 0. The molecule has 0 N–H and O–H groups in total. The van der Waals surface area contributed by atoms with Crippen LogP contribution < -0.4 is 4.90 Å². The summed E-state index contributed by atoms with van der Waals surface area (Å²) in [5, 5.41) is 0. The highest BCUT2D eigenvalue weighted by Gasteiger charge is 2.24. The maximum Gasteiger partial charge on any atom is 0.0555 e. The van der Waals surface area contributed by atoms with Crippen LogP contribution in [0.2, 0.25) is 0 Å². The quantitative estimate of drug-likeness (QED) is 0.450. The van der Waals surface area contributed by atoms with Crippen molar-refractivity contribution in [3.05, 3.63) is 83.9 Å². The number of para-hydroxylation sites is 1. The minimum absolute atomic E-state index is 0.739. The highest BCUT2D eigenvalue weighted by Crippen LogP contribution is 2.48. The van der Waals surface area contributed by atoms with Gasteiger partial charge in [0.2, 0.25) is 0 Å². The van der Waals surface area contributed by atoms with Crippen LogP contribution in [0.5, 0.6) is 0 Å². The molecule has 0 bridgehead atoms. The van der Waals surface area contributed by atoms with E-state index in [1.165, 1.54) is 71.2 Å².